The number of aromatic nitrogens is 1. The van der Waals surface area contributed by atoms with Crippen molar-refractivity contribution in [2.24, 2.45) is 0 Å². The van der Waals surface area contributed by atoms with E-state index in [4.69, 9.17) is 4.74 Å². The zero-order valence-corrected chi connectivity index (χ0v) is 14.1. The molecule has 0 saturated carbocycles. The SMILES string of the molecule is CC(C)(C)OC(=O)N1CCC(n2ccc3ccccc32)C(F)(F)C1. The van der Waals surface area contributed by atoms with Gasteiger partial charge in [0.05, 0.1) is 6.54 Å². The van der Waals surface area contributed by atoms with Gasteiger partial charge in [0.2, 0.25) is 0 Å². The molecule has 1 aromatic carbocycles. The molecule has 130 valence electrons. The maximum atomic E-state index is 14.7. The minimum atomic E-state index is -3.02. The summed E-state index contributed by atoms with van der Waals surface area (Å²) in [6, 6.07) is 8.34. The molecule has 0 aliphatic carbocycles. The second-order valence-electron chi connectivity index (χ2n) is 7.25. The Kier molecular flexibility index (Phi) is 4.01. The fourth-order valence-corrected chi connectivity index (χ4v) is 3.13. The third-order valence-corrected chi connectivity index (χ3v) is 4.18. The molecular formula is C18H22F2N2O2. The summed E-state index contributed by atoms with van der Waals surface area (Å²) in [6.07, 6.45) is 1.20. The summed E-state index contributed by atoms with van der Waals surface area (Å²) in [6.45, 7) is 4.80. The lowest BCUT2D eigenvalue weighted by Gasteiger charge is -2.39. The predicted octanol–water partition coefficient (Wildman–Crippen LogP) is 4.46. The fraction of sp³-hybridized carbons (Fsp3) is 0.500. The molecule has 2 heterocycles. The number of likely N-dealkylation sites (tertiary alicyclic amines) is 1. The smallest absolute Gasteiger partial charge is 0.410 e. The first-order chi connectivity index (χ1) is 11.2. The highest BCUT2D eigenvalue weighted by atomic mass is 19.3. The molecule has 1 saturated heterocycles. The van der Waals surface area contributed by atoms with Crippen LogP contribution in [0.25, 0.3) is 10.9 Å². The maximum absolute atomic E-state index is 14.7. The number of amides is 1. The number of piperidine rings is 1. The number of hydrogen-bond donors (Lipinski definition) is 0. The summed E-state index contributed by atoms with van der Waals surface area (Å²) >= 11 is 0. The first-order valence-corrected chi connectivity index (χ1v) is 8.09. The van der Waals surface area contributed by atoms with E-state index in [-0.39, 0.29) is 13.0 Å². The van der Waals surface area contributed by atoms with Crippen LogP contribution < -0.4 is 0 Å². The Morgan fingerprint density at radius 2 is 1.96 bits per heavy atom. The largest absolute Gasteiger partial charge is 0.444 e. The number of ether oxygens (including phenoxy) is 1. The van der Waals surface area contributed by atoms with Gasteiger partial charge >= 0.3 is 6.09 Å². The predicted molar refractivity (Wildman–Crippen MR) is 88.3 cm³/mol. The van der Waals surface area contributed by atoms with Gasteiger partial charge in [-0.1, -0.05) is 18.2 Å². The van der Waals surface area contributed by atoms with Crippen molar-refractivity contribution in [1.29, 1.82) is 0 Å². The van der Waals surface area contributed by atoms with Gasteiger partial charge in [-0.2, -0.15) is 0 Å². The number of halogens is 2. The summed E-state index contributed by atoms with van der Waals surface area (Å²) in [5.41, 5.74) is 0.0905. The number of benzene rings is 1. The van der Waals surface area contributed by atoms with Crippen LogP contribution in [0.3, 0.4) is 0 Å². The molecule has 1 unspecified atom stereocenters. The van der Waals surface area contributed by atoms with Crippen LogP contribution in [0, 0.1) is 0 Å². The van der Waals surface area contributed by atoms with Gasteiger partial charge in [-0.3, -0.25) is 0 Å². The normalized spacial score (nSPS) is 21.0. The number of carbonyl (C=O) groups is 1. The van der Waals surface area contributed by atoms with Crippen molar-refractivity contribution in [3.05, 3.63) is 36.5 Å². The highest BCUT2D eigenvalue weighted by Crippen LogP contribution is 2.39. The number of para-hydroxylation sites is 1. The molecular weight excluding hydrogens is 314 g/mol. The van der Waals surface area contributed by atoms with Crippen LogP contribution in [0.4, 0.5) is 13.6 Å². The van der Waals surface area contributed by atoms with Gasteiger partial charge in [0.1, 0.15) is 11.6 Å². The molecule has 24 heavy (non-hydrogen) atoms. The molecule has 0 spiro atoms. The second-order valence-corrected chi connectivity index (χ2v) is 7.25. The highest BCUT2D eigenvalue weighted by molar-refractivity contribution is 5.80. The van der Waals surface area contributed by atoms with E-state index < -0.39 is 30.2 Å². The average Bonchev–Trinajstić information content (AvgIpc) is 2.88. The molecule has 1 atom stereocenters. The quantitative estimate of drug-likeness (QED) is 0.771. The van der Waals surface area contributed by atoms with E-state index in [1.807, 2.05) is 30.3 Å². The number of rotatable bonds is 1. The second kappa shape index (κ2) is 5.76. The van der Waals surface area contributed by atoms with E-state index in [2.05, 4.69) is 0 Å². The molecule has 4 nitrogen and oxygen atoms in total. The number of alkyl halides is 2. The van der Waals surface area contributed by atoms with Crippen molar-refractivity contribution >= 4 is 17.0 Å². The molecule has 0 bridgehead atoms. The van der Waals surface area contributed by atoms with Crippen LogP contribution in [0.15, 0.2) is 36.5 Å². The zero-order valence-electron chi connectivity index (χ0n) is 14.1. The molecule has 1 aliphatic rings. The van der Waals surface area contributed by atoms with Crippen LogP contribution in [0.2, 0.25) is 0 Å². The fourth-order valence-electron chi connectivity index (χ4n) is 3.13. The minimum Gasteiger partial charge on any atom is -0.444 e. The number of nitrogens with zero attached hydrogens (tertiary/aromatic N) is 2. The number of fused-ring (bicyclic) bond motifs is 1. The van der Waals surface area contributed by atoms with Gasteiger partial charge in [0, 0.05) is 18.3 Å². The van der Waals surface area contributed by atoms with Crippen molar-refractivity contribution in [3.8, 4) is 0 Å². The Labute approximate surface area is 140 Å². The standard InChI is InChI=1S/C18H22F2N2O2/c1-17(2,3)24-16(23)21-10-9-15(18(19,20)12-21)22-11-8-13-6-4-5-7-14(13)22/h4-8,11,15H,9-10,12H2,1-3H3. The Balaban J connectivity index is 1.81. The lowest BCUT2D eigenvalue weighted by atomic mass is 10.0. The molecule has 3 rings (SSSR count). The molecule has 1 aromatic heterocycles. The van der Waals surface area contributed by atoms with E-state index >= 15 is 0 Å². The summed E-state index contributed by atoms with van der Waals surface area (Å²) in [5, 5.41) is 0.933. The molecule has 1 fully saturated rings. The van der Waals surface area contributed by atoms with Gasteiger partial charge in [0.25, 0.3) is 5.92 Å². The van der Waals surface area contributed by atoms with E-state index in [1.165, 1.54) is 0 Å². The topological polar surface area (TPSA) is 34.5 Å². The summed E-state index contributed by atoms with van der Waals surface area (Å²) in [7, 11) is 0. The van der Waals surface area contributed by atoms with Crippen LogP contribution in [0.5, 0.6) is 0 Å². The van der Waals surface area contributed by atoms with Crippen molar-refractivity contribution in [2.75, 3.05) is 13.1 Å². The molecule has 2 aromatic rings. The molecule has 6 heteroatoms. The zero-order chi connectivity index (χ0) is 17.5. The van der Waals surface area contributed by atoms with Crippen molar-refractivity contribution in [3.63, 3.8) is 0 Å². The third kappa shape index (κ3) is 3.23. The van der Waals surface area contributed by atoms with Crippen LogP contribution in [0.1, 0.15) is 33.2 Å². The number of hydrogen-bond acceptors (Lipinski definition) is 2. The molecule has 1 aliphatic heterocycles. The first-order valence-electron chi connectivity index (χ1n) is 8.09. The average molecular weight is 336 g/mol. The van der Waals surface area contributed by atoms with Crippen LogP contribution in [-0.4, -0.2) is 40.2 Å². The lowest BCUT2D eigenvalue weighted by molar-refractivity contribution is -0.102. The van der Waals surface area contributed by atoms with Gasteiger partial charge in [-0.25, -0.2) is 13.6 Å². The minimum absolute atomic E-state index is 0.185. The van der Waals surface area contributed by atoms with Gasteiger partial charge in [0.15, 0.2) is 0 Å². The first kappa shape index (κ1) is 16.7. The Hall–Kier alpha value is -2.11. The summed E-state index contributed by atoms with van der Waals surface area (Å²) in [4.78, 5) is 13.2. The highest BCUT2D eigenvalue weighted by Gasteiger charge is 2.47. The Bertz CT molecular complexity index is 749. The summed E-state index contributed by atoms with van der Waals surface area (Å²) in [5.74, 6) is -3.02. The van der Waals surface area contributed by atoms with Crippen LogP contribution >= 0.6 is 0 Å². The summed E-state index contributed by atoms with van der Waals surface area (Å²) < 4.78 is 36.3. The van der Waals surface area contributed by atoms with Crippen LogP contribution in [-0.2, 0) is 4.74 Å². The van der Waals surface area contributed by atoms with E-state index in [0.29, 0.717) is 0 Å². The van der Waals surface area contributed by atoms with Crippen molar-refractivity contribution in [2.45, 2.75) is 44.8 Å². The molecule has 0 N–H and O–H groups in total. The third-order valence-electron chi connectivity index (χ3n) is 4.18. The number of carbonyl (C=O) groups excluding carboxylic acids is 1. The van der Waals surface area contributed by atoms with Crippen molar-refractivity contribution in [1.82, 2.24) is 9.47 Å². The lowest BCUT2D eigenvalue weighted by Crippen LogP contribution is -2.52. The van der Waals surface area contributed by atoms with E-state index in [0.717, 1.165) is 15.8 Å². The Morgan fingerprint density at radius 3 is 2.62 bits per heavy atom. The molecule has 1 amide bonds. The van der Waals surface area contributed by atoms with E-state index in [1.54, 1.807) is 31.5 Å². The Morgan fingerprint density at radius 1 is 1.25 bits per heavy atom. The van der Waals surface area contributed by atoms with Gasteiger partial charge in [-0.05, 0) is 44.7 Å². The maximum Gasteiger partial charge on any atom is 0.410 e. The van der Waals surface area contributed by atoms with Gasteiger partial charge < -0.3 is 14.2 Å². The van der Waals surface area contributed by atoms with Gasteiger partial charge in [-0.15, -0.1) is 0 Å². The van der Waals surface area contributed by atoms with E-state index in [9.17, 15) is 13.6 Å². The van der Waals surface area contributed by atoms with Crippen molar-refractivity contribution < 1.29 is 18.3 Å². The monoisotopic (exact) mass is 336 g/mol. The molecule has 0 radical (unpaired) electrons.